The number of sulfone groups is 1. The van der Waals surface area contributed by atoms with Crippen LogP contribution in [0.1, 0.15) is 78.4 Å². The van der Waals surface area contributed by atoms with Gasteiger partial charge in [0.15, 0.2) is 5.69 Å². The minimum absolute atomic E-state index is 0.0119. The highest BCUT2D eigenvalue weighted by atomic mass is 32.2. The predicted octanol–water partition coefficient (Wildman–Crippen LogP) is 4.42. The normalized spacial score (nSPS) is 20.2. The lowest BCUT2D eigenvalue weighted by atomic mass is 9.74. The number of rotatable bonds is 11. The number of carbonyl (C=O) groups is 2. The third-order valence-electron chi connectivity index (χ3n) is 8.00. The molecule has 2 aromatic heterocycles. The second-order valence-electron chi connectivity index (χ2n) is 12.3. The Balaban J connectivity index is 1.58. The van der Waals surface area contributed by atoms with Gasteiger partial charge in [0.2, 0.25) is 0 Å². The van der Waals surface area contributed by atoms with Crippen molar-refractivity contribution in [3.05, 3.63) is 77.3 Å². The molecule has 1 fully saturated rings. The minimum atomic E-state index is -3.14. The largest absolute Gasteiger partial charge is 0.397 e. The van der Waals surface area contributed by atoms with Crippen molar-refractivity contribution in [1.29, 1.82) is 0 Å². The van der Waals surface area contributed by atoms with Crippen molar-refractivity contribution < 1.29 is 22.7 Å². The van der Waals surface area contributed by atoms with Gasteiger partial charge in [-0.05, 0) is 86.9 Å². The molecule has 46 heavy (non-hydrogen) atoms. The summed E-state index contributed by atoms with van der Waals surface area (Å²) in [6.45, 7) is 7.83. The molecular weight excluding hydrogens is 604 g/mol. The van der Waals surface area contributed by atoms with Gasteiger partial charge in [-0.15, -0.1) is 0 Å². The minimum Gasteiger partial charge on any atom is -0.397 e. The summed E-state index contributed by atoms with van der Waals surface area (Å²) in [5.74, 6) is -0.684. The topological polar surface area (TPSA) is 179 Å². The predicted molar refractivity (Wildman–Crippen MR) is 182 cm³/mol. The monoisotopic (exact) mass is 648 g/mol. The molecule has 11 nitrogen and oxygen atoms in total. The van der Waals surface area contributed by atoms with Gasteiger partial charge in [0.05, 0.1) is 41.7 Å². The van der Waals surface area contributed by atoms with Gasteiger partial charge < -0.3 is 26.8 Å². The van der Waals surface area contributed by atoms with Crippen LogP contribution >= 0.6 is 0 Å². The number of nitrogen functional groups attached to an aromatic ring is 1. The van der Waals surface area contributed by atoms with Gasteiger partial charge >= 0.3 is 0 Å². The average Bonchev–Trinajstić information content (AvgIpc) is 2.98. The molecule has 0 radical (unpaired) electrons. The fraction of sp³-hybridized carbons (Fsp3) is 0.412. The molecule has 1 aromatic carbocycles. The maximum atomic E-state index is 13.7. The van der Waals surface area contributed by atoms with E-state index in [4.69, 9.17) is 16.2 Å². The summed E-state index contributed by atoms with van der Waals surface area (Å²) >= 11 is 0. The van der Waals surface area contributed by atoms with Crippen LogP contribution < -0.4 is 22.1 Å². The molecule has 2 heterocycles. The molecule has 1 saturated carbocycles. The fourth-order valence-corrected chi connectivity index (χ4v) is 6.28. The highest BCUT2D eigenvalue weighted by Crippen LogP contribution is 2.40. The zero-order valence-electron chi connectivity index (χ0n) is 27.0. The zero-order valence-corrected chi connectivity index (χ0v) is 27.8. The molecule has 0 saturated heterocycles. The molecule has 12 heteroatoms. The van der Waals surface area contributed by atoms with Crippen LogP contribution in [0, 0.1) is 5.92 Å². The molecule has 0 spiro atoms. The number of anilines is 2. The van der Waals surface area contributed by atoms with E-state index in [1.165, 1.54) is 6.26 Å². The smallest absolute Gasteiger partial charge is 0.276 e. The Morgan fingerprint density at radius 2 is 1.89 bits per heavy atom. The number of allylic oxidation sites excluding steroid dienone is 1. The number of nitrogens with two attached hydrogens (primary N) is 2. The Hall–Kier alpha value is -4.13. The number of hydrogen-bond donors (Lipinski definition) is 4. The van der Waals surface area contributed by atoms with E-state index >= 15 is 0 Å². The average molecular weight is 649 g/mol. The first-order valence-corrected chi connectivity index (χ1v) is 17.5. The van der Waals surface area contributed by atoms with Gasteiger partial charge in [0, 0.05) is 35.7 Å². The number of carbonyl (C=O) groups excluding carboxylic acids is 2. The van der Waals surface area contributed by atoms with Crippen molar-refractivity contribution in [2.75, 3.05) is 29.7 Å². The van der Waals surface area contributed by atoms with Gasteiger partial charge in [0.1, 0.15) is 9.84 Å². The molecule has 6 N–H and O–H groups in total. The number of nitrogens with zero attached hydrogens (tertiary/aromatic N) is 2. The Kier molecular flexibility index (Phi) is 11.3. The van der Waals surface area contributed by atoms with Crippen LogP contribution in [0.5, 0.6) is 0 Å². The molecule has 1 aliphatic rings. The molecule has 0 bridgehead atoms. The lowest BCUT2D eigenvalue weighted by Gasteiger charge is -2.39. The summed E-state index contributed by atoms with van der Waals surface area (Å²) < 4.78 is 29.0. The van der Waals surface area contributed by atoms with Crippen molar-refractivity contribution in [3.63, 3.8) is 0 Å². The van der Waals surface area contributed by atoms with Crippen LogP contribution in [-0.4, -0.2) is 67.0 Å². The van der Waals surface area contributed by atoms with E-state index in [0.717, 1.165) is 17.5 Å². The lowest BCUT2D eigenvalue weighted by molar-refractivity contribution is -0.0152. The highest BCUT2D eigenvalue weighted by Gasteiger charge is 2.36. The molecular formula is C34H44N6O5S. The maximum Gasteiger partial charge on any atom is 0.276 e. The number of aromatic nitrogens is 2. The summed E-state index contributed by atoms with van der Waals surface area (Å²) in [6, 6.07) is 10.3. The van der Waals surface area contributed by atoms with Gasteiger partial charge in [-0.25, -0.2) is 13.4 Å². The molecule has 4 atom stereocenters. The van der Waals surface area contributed by atoms with Crippen molar-refractivity contribution in [2.45, 2.75) is 64.6 Å². The van der Waals surface area contributed by atoms with Crippen LogP contribution in [-0.2, 0) is 14.6 Å². The van der Waals surface area contributed by atoms with Gasteiger partial charge in [-0.3, -0.25) is 14.6 Å². The Labute approximate surface area is 271 Å². The molecule has 3 aromatic rings. The first kappa shape index (κ1) is 34.7. The lowest BCUT2D eigenvalue weighted by Crippen LogP contribution is -2.47. The van der Waals surface area contributed by atoms with Crippen molar-refractivity contribution in [2.24, 2.45) is 11.7 Å². The van der Waals surface area contributed by atoms with Crippen LogP contribution in [0.2, 0.25) is 0 Å². The van der Waals surface area contributed by atoms with E-state index in [2.05, 4.69) is 20.6 Å². The van der Waals surface area contributed by atoms with Gasteiger partial charge in [0.25, 0.3) is 11.8 Å². The Morgan fingerprint density at radius 3 is 2.57 bits per heavy atom. The second-order valence-corrected chi connectivity index (χ2v) is 14.5. The van der Waals surface area contributed by atoms with Crippen LogP contribution in [0.15, 0.2) is 54.9 Å². The summed E-state index contributed by atoms with van der Waals surface area (Å²) in [5.41, 5.74) is 17.0. The third-order valence-corrected chi connectivity index (χ3v) is 8.91. The van der Waals surface area contributed by atoms with E-state index < -0.39 is 15.7 Å². The first-order chi connectivity index (χ1) is 21.8. The van der Waals surface area contributed by atoms with E-state index in [0.29, 0.717) is 28.9 Å². The van der Waals surface area contributed by atoms with Crippen LogP contribution in [0.4, 0.5) is 11.4 Å². The van der Waals surface area contributed by atoms with Gasteiger partial charge in [-0.2, -0.15) is 0 Å². The number of pyridine rings is 2. The number of benzene rings is 1. The van der Waals surface area contributed by atoms with Crippen LogP contribution in [0.25, 0.3) is 17.3 Å². The number of nitrogens with one attached hydrogen (secondary N) is 2. The van der Waals surface area contributed by atoms with E-state index in [9.17, 15) is 18.0 Å². The first-order valence-electron chi connectivity index (χ1n) is 15.4. The molecule has 0 aliphatic heterocycles. The summed E-state index contributed by atoms with van der Waals surface area (Å²) in [4.78, 5) is 35.4. The van der Waals surface area contributed by atoms with Gasteiger partial charge in [-0.1, -0.05) is 25.1 Å². The summed E-state index contributed by atoms with van der Waals surface area (Å²) in [6.07, 6.45) is 9.31. The standard InChI is InChI=1S/C34H44N6O5S/c1-6-7-22-8-9-23(33(41)38-20(2)3)17-26(22)29-11-10-27(35)31(39-29)34(42)40-30-19-37-13-12-25(30)24-16-21(4)32(28(36)18-24)45-14-15-46(5,43)44/h6-13,17,19-21,24,28,32H,14-16,18,35-36H2,1-5H3,(H,38,41)(H,40,42). The Morgan fingerprint density at radius 1 is 1.13 bits per heavy atom. The summed E-state index contributed by atoms with van der Waals surface area (Å²) in [5, 5.41) is 5.87. The molecule has 1 aliphatic carbocycles. The molecule has 2 amide bonds. The van der Waals surface area contributed by atoms with Crippen LogP contribution in [0.3, 0.4) is 0 Å². The van der Waals surface area contributed by atoms with E-state index in [-0.39, 0.29) is 59.7 Å². The molecule has 246 valence electrons. The van der Waals surface area contributed by atoms with Crippen molar-refractivity contribution in [3.8, 4) is 11.3 Å². The zero-order chi connectivity index (χ0) is 33.6. The number of amides is 2. The fourth-order valence-electron chi connectivity index (χ4n) is 5.88. The van der Waals surface area contributed by atoms with Crippen molar-refractivity contribution in [1.82, 2.24) is 15.3 Å². The third kappa shape index (κ3) is 8.77. The van der Waals surface area contributed by atoms with E-state index in [1.807, 2.05) is 52.0 Å². The van der Waals surface area contributed by atoms with E-state index in [1.54, 1.807) is 36.7 Å². The Bertz CT molecular complexity index is 1700. The molecule has 4 rings (SSSR count). The highest BCUT2D eigenvalue weighted by molar-refractivity contribution is 7.90. The second kappa shape index (κ2) is 15.0. The van der Waals surface area contributed by atoms with Crippen molar-refractivity contribution >= 4 is 39.1 Å². The maximum absolute atomic E-state index is 13.7. The quantitative estimate of drug-likeness (QED) is 0.234. The SMILES string of the molecule is CC=Cc1ccc(C(=O)NC(C)C)cc1-c1ccc(N)c(C(=O)Nc2cnccc2C2CC(C)C(OCCS(C)(=O)=O)C(N)C2)n1. The summed E-state index contributed by atoms with van der Waals surface area (Å²) in [7, 11) is -3.14. The number of hydrogen-bond acceptors (Lipinski definition) is 9. The molecule has 4 unspecified atom stereocenters. The number of ether oxygens (including phenoxy) is 1.